The molecule has 1 heterocycles. The zero-order chi connectivity index (χ0) is 14.9. The van der Waals surface area contributed by atoms with Gasteiger partial charge in [0.2, 0.25) is 0 Å². The average Bonchev–Trinajstić information content (AvgIpc) is 2.75. The van der Waals surface area contributed by atoms with Crippen LogP contribution < -0.4 is 15.8 Å². The Bertz CT molecular complexity index is 652. The normalized spacial score (nSPS) is 11.1. The Morgan fingerprint density at radius 2 is 2.10 bits per heavy atom. The number of fused-ring (bicyclic) bond motifs is 1. The van der Waals surface area contributed by atoms with E-state index in [4.69, 9.17) is 10.5 Å². The van der Waals surface area contributed by atoms with E-state index in [1.807, 2.05) is 39.0 Å². The number of amides is 1. The van der Waals surface area contributed by atoms with Crippen LogP contribution in [-0.4, -0.2) is 25.1 Å². The quantitative estimate of drug-likeness (QED) is 0.906. The predicted octanol–water partition coefficient (Wildman–Crippen LogP) is 3.11. The van der Waals surface area contributed by atoms with Crippen molar-refractivity contribution < 1.29 is 9.53 Å². The topological polar surface area (TPSA) is 64.3 Å². The monoisotopic (exact) mass is 328 g/mol. The molecule has 1 aromatic heterocycles. The van der Waals surface area contributed by atoms with Gasteiger partial charge in [0.1, 0.15) is 5.75 Å². The van der Waals surface area contributed by atoms with E-state index in [0.717, 1.165) is 26.3 Å². The summed E-state index contributed by atoms with van der Waals surface area (Å²) in [6.45, 7) is 6.19. The number of rotatable bonds is 4. The van der Waals surface area contributed by atoms with Crippen molar-refractivity contribution in [3.63, 3.8) is 0 Å². The van der Waals surface area contributed by atoms with Crippen LogP contribution in [0.1, 0.15) is 29.1 Å². The van der Waals surface area contributed by atoms with Crippen molar-refractivity contribution in [2.24, 2.45) is 5.73 Å². The molecule has 0 aliphatic heterocycles. The van der Waals surface area contributed by atoms with Gasteiger partial charge in [0.15, 0.2) is 0 Å². The molecule has 0 saturated heterocycles. The third kappa shape index (κ3) is 3.67. The molecule has 3 N–H and O–H groups in total. The van der Waals surface area contributed by atoms with Gasteiger partial charge < -0.3 is 15.8 Å². The van der Waals surface area contributed by atoms with Crippen LogP contribution in [0.2, 0.25) is 0 Å². The standard InChI is InChI=1S/C15H20N2O2S.ClH/c1-9-11-7-10(19-4)5-6-12(11)20-13(9)14(18)17-15(2,3)8-16;/h5-7H,8,16H2,1-4H3,(H,17,18);1H. The number of hydrogen-bond acceptors (Lipinski definition) is 4. The number of halogens is 1. The second-order valence-corrected chi connectivity index (χ2v) is 6.51. The lowest BCUT2D eigenvalue weighted by atomic mass is 10.1. The fourth-order valence-corrected chi connectivity index (χ4v) is 3.04. The fraction of sp³-hybridized carbons (Fsp3) is 0.400. The minimum absolute atomic E-state index is 0. The predicted molar refractivity (Wildman–Crippen MR) is 91.0 cm³/mol. The molecule has 1 amide bonds. The largest absolute Gasteiger partial charge is 0.497 e. The Balaban J connectivity index is 0.00000220. The molecule has 2 rings (SSSR count). The van der Waals surface area contributed by atoms with Gasteiger partial charge in [-0.2, -0.15) is 0 Å². The molecule has 21 heavy (non-hydrogen) atoms. The van der Waals surface area contributed by atoms with Crippen molar-refractivity contribution in [3.8, 4) is 5.75 Å². The van der Waals surface area contributed by atoms with Crippen LogP contribution in [0, 0.1) is 6.92 Å². The molecule has 0 bridgehead atoms. The summed E-state index contributed by atoms with van der Waals surface area (Å²) in [6, 6.07) is 5.85. The number of thiophene rings is 1. The van der Waals surface area contributed by atoms with E-state index in [9.17, 15) is 4.79 Å². The summed E-state index contributed by atoms with van der Waals surface area (Å²) in [5.41, 5.74) is 6.23. The molecule has 0 radical (unpaired) electrons. The van der Waals surface area contributed by atoms with E-state index in [1.54, 1.807) is 7.11 Å². The SMILES string of the molecule is COc1ccc2sc(C(=O)NC(C)(C)CN)c(C)c2c1.Cl. The van der Waals surface area contributed by atoms with Crippen molar-refractivity contribution >= 4 is 39.7 Å². The Morgan fingerprint density at radius 1 is 1.43 bits per heavy atom. The molecule has 1 aromatic carbocycles. The Kier molecular flexibility index (Phi) is 5.61. The summed E-state index contributed by atoms with van der Waals surface area (Å²) in [7, 11) is 1.64. The molecule has 116 valence electrons. The minimum atomic E-state index is -0.405. The Morgan fingerprint density at radius 3 is 2.67 bits per heavy atom. The highest BCUT2D eigenvalue weighted by Gasteiger charge is 2.22. The summed E-state index contributed by atoms with van der Waals surface area (Å²) in [4.78, 5) is 13.1. The van der Waals surface area contributed by atoms with Crippen molar-refractivity contribution in [2.75, 3.05) is 13.7 Å². The molecule has 0 saturated carbocycles. The molecule has 0 unspecified atom stereocenters. The van der Waals surface area contributed by atoms with E-state index in [0.29, 0.717) is 6.54 Å². The summed E-state index contributed by atoms with van der Waals surface area (Å²) in [5.74, 6) is 0.728. The molecule has 0 aliphatic rings. The molecule has 0 aliphatic carbocycles. The lowest BCUT2D eigenvalue weighted by molar-refractivity contribution is 0.0919. The van der Waals surface area contributed by atoms with Crippen molar-refractivity contribution in [2.45, 2.75) is 26.3 Å². The van der Waals surface area contributed by atoms with Gasteiger partial charge in [-0.05, 0) is 49.9 Å². The van der Waals surface area contributed by atoms with Crippen LogP contribution in [0.15, 0.2) is 18.2 Å². The van der Waals surface area contributed by atoms with Crippen LogP contribution in [0.4, 0.5) is 0 Å². The van der Waals surface area contributed by atoms with E-state index in [-0.39, 0.29) is 18.3 Å². The van der Waals surface area contributed by atoms with Crippen LogP contribution in [0.25, 0.3) is 10.1 Å². The van der Waals surface area contributed by atoms with E-state index < -0.39 is 5.54 Å². The molecular weight excluding hydrogens is 308 g/mol. The number of aryl methyl sites for hydroxylation is 1. The summed E-state index contributed by atoms with van der Waals surface area (Å²) < 4.78 is 6.31. The first-order valence-corrected chi connectivity index (χ1v) is 7.29. The van der Waals surface area contributed by atoms with Gasteiger partial charge >= 0.3 is 0 Å². The number of ether oxygens (including phenoxy) is 1. The van der Waals surface area contributed by atoms with Crippen molar-refractivity contribution in [1.29, 1.82) is 0 Å². The zero-order valence-electron chi connectivity index (χ0n) is 12.6. The first-order chi connectivity index (χ1) is 9.38. The number of carbonyl (C=O) groups is 1. The lowest BCUT2D eigenvalue weighted by Crippen LogP contribution is -2.48. The molecule has 2 aromatic rings. The van der Waals surface area contributed by atoms with E-state index in [1.165, 1.54) is 11.3 Å². The molecule has 0 spiro atoms. The van der Waals surface area contributed by atoms with Crippen molar-refractivity contribution in [3.05, 3.63) is 28.6 Å². The number of carbonyl (C=O) groups excluding carboxylic acids is 1. The van der Waals surface area contributed by atoms with Gasteiger partial charge in [0, 0.05) is 16.8 Å². The van der Waals surface area contributed by atoms with Crippen LogP contribution in [0.5, 0.6) is 5.75 Å². The number of methoxy groups -OCH3 is 1. The first-order valence-electron chi connectivity index (χ1n) is 6.47. The number of benzene rings is 1. The smallest absolute Gasteiger partial charge is 0.262 e. The third-order valence-electron chi connectivity index (χ3n) is 3.31. The van der Waals surface area contributed by atoms with Crippen LogP contribution in [-0.2, 0) is 0 Å². The van der Waals surface area contributed by atoms with Gasteiger partial charge in [0.25, 0.3) is 5.91 Å². The summed E-state index contributed by atoms with van der Waals surface area (Å²) in [6.07, 6.45) is 0. The van der Waals surface area contributed by atoms with E-state index >= 15 is 0 Å². The first kappa shape index (κ1) is 17.8. The fourth-order valence-electron chi connectivity index (χ4n) is 1.96. The van der Waals surface area contributed by atoms with Gasteiger partial charge in [-0.25, -0.2) is 0 Å². The average molecular weight is 329 g/mol. The zero-order valence-corrected chi connectivity index (χ0v) is 14.3. The maximum atomic E-state index is 12.4. The van der Waals surface area contributed by atoms with Crippen LogP contribution >= 0.6 is 23.7 Å². The number of hydrogen-bond donors (Lipinski definition) is 2. The van der Waals surface area contributed by atoms with E-state index in [2.05, 4.69) is 5.32 Å². The third-order valence-corrected chi connectivity index (χ3v) is 4.58. The second-order valence-electron chi connectivity index (χ2n) is 5.46. The number of nitrogens with one attached hydrogen (secondary N) is 1. The van der Waals surface area contributed by atoms with Gasteiger partial charge in [-0.1, -0.05) is 0 Å². The minimum Gasteiger partial charge on any atom is -0.497 e. The maximum Gasteiger partial charge on any atom is 0.262 e. The highest BCUT2D eigenvalue weighted by Crippen LogP contribution is 2.33. The van der Waals surface area contributed by atoms with Gasteiger partial charge in [-0.15, -0.1) is 23.7 Å². The summed E-state index contributed by atoms with van der Waals surface area (Å²) >= 11 is 1.49. The molecule has 0 atom stereocenters. The second kappa shape index (κ2) is 6.64. The van der Waals surface area contributed by atoms with Crippen LogP contribution in [0.3, 0.4) is 0 Å². The molecular formula is C15H21ClN2O2S. The molecule has 6 heteroatoms. The lowest BCUT2D eigenvalue weighted by Gasteiger charge is -2.23. The Labute approximate surface area is 135 Å². The molecule has 4 nitrogen and oxygen atoms in total. The number of nitrogens with two attached hydrogens (primary N) is 1. The maximum absolute atomic E-state index is 12.4. The van der Waals surface area contributed by atoms with Gasteiger partial charge in [-0.3, -0.25) is 4.79 Å². The van der Waals surface area contributed by atoms with Gasteiger partial charge in [0.05, 0.1) is 12.0 Å². The van der Waals surface area contributed by atoms with Crippen molar-refractivity contribution in [1.82, 2.24) is 5.32 Å². The summed E-state index contributed by atoms with van der Waals surface area (Å²) in [5, 5.41) is 4.03. The highest BCUT2D eigenvalue weighted by molar-refractivity contribution is 7.21. The Hall–Kier alpha value is -1.30. The highest BCUT2D eigenvalue weighted by atomic mass is 35.5. The molecule has 0 fully saturated rings.